The van der Waals surface area contributed by atoms with Crippen LogP contribution in [0.25, 0.3) is 10.3 Å². The van der Waals surface area contributed by atoms with Crippen LogP contribution in [0, 0.1) is 11.6 Å². The lowest BCUT2D eigenvalue weighted by atomic mass is 10.1. The molecule has 1 aliphatic heterocycles. The van der Waals surface area contributed by atoms with Crippen molar-refractivity contribution in [2.45, 2.75) is 45.7 Å². The molecule has 2 aromatic heterocycles. The molecule has 170 valence electrons. The van der Waals surface area contributed by atoms with Gasteiger partial charge in [-0.1, -0.05) is 11.3 Å². The van der Waals surface area contributed by atoms with Crippen molar-refractivity contribution in [3.05, 3.63) is 50.7 Å². The molecule has 1 N–H and O–H groups in total. The Balaban J connectivity index is 1.76. The molecule has 11 heteroatoms. The van der Waals surface area contributed by atoms with Crippen LogP contribution in [0.5, 0.6) is 0 Å². The first-order valence-electron chi connectivity index (χ1n) is 10.4. The number of nitrogens with zero attached hydrogens (tertiary/aromatic N) is 4. The highest BCUT2D eigenvalue weighted by atomic mass is 32.1. The number of amides is 1. The Labute approximate surface area is 186 Å². The first-order chi connectivity index (χ1) is 15.2. The maximum Gasteiger partial charge on any atom is 0.333 e. The molecule has 1 fully saturated rings. The van der Waals surface area contributed by atoms with E-state index in [1.54, 1.807) is 13.8 Å². The minimum absolute atomic E-state index is 0.0683. The van der Waals surface area contributed by atoms with Gasteiger partial charge in [-0.05, 0) is 45.2 Å². The Morgan fingerprint density at radius 3 is 2.41 bits per heavy atom. The number of piperidine rings is 1. The minimum atomic E-state index is -0.834. The summed E-state index contributed by atoms with van der Waals surface area (Å²) in [4.78, 5) is 45.4. The highest BCUT2D eigenvalue weighted by Crippen LogP contribution is 2.28. The molecule has 0 saturated carbocycles. The second-order valence-electron chi connectivity index (χ2n) is 8.04. The summed E-state index contributed by atoms with van der Waals surface area (Å²) in [6, 6.07) is 2.23. The quantitative estimate of drug-likeness (QED) is 0.628. The van der Waals surface area contributed by atoms with Gasteiger partial charge in [0.1, 0.15) is 22.9 Å². The van der Waals surface area contributed by atoms with Crippen LogP contribution in [0.2, 0.25) is 0 Å². The lowest BCUT2D eigenvalue weighted by Gasteiger charge is -2.25. The fourth-order valence-electron chi connectivity index (χ4n) is 3.83. The van der Waals surface area contributed by atoms with Gasteiger partial charge in [0.25, 0.3) is 5.56 Å². The molecule has 0 radical (unpaired) electrons. The van der Waals surface area contributed by atoms with Crippen molar-refractivity contribution in [1.29, 1.82) is 0 Å². The van der Waals surface area contributed by atoms with Crippen molar-refractivity contribution in [3.63, 3.8) is 0 Å². The predicted molar refractivity (Wildman–Crippen MR) is 120 cm³/mol. The van der Waals surface area contributed by atoms with Gasteiger partial charge in [-0.15, -0.1) is 0 Å². The maximum atomic E-state index is 13.4. The van der Waals surface area contributed by atoms with Crippen LogP contribution >= 0.6 is 11.3 Å². The number of hydrogen-bond donors (Lipinski definition) is 1. The van der Waals surface area contributed by atoms with Gasteiger partial charge in [-0.2, -0.15) is 0 Å². The van der Waals surface area contributed by atoms with E-state index in [-0.39, 0.29) is 11.3 Å². The van der Waals surface area contributed by atoms with Crippen molar-refractivity contribution in [2.75, 3.05) is 23.3 Å². The van der Waals surface area contributed by atoms with Gasteiger partial charge in [0.05, 0.1) is 0 Å². The zero-order chi connectivity index (χ0) is 23.0. The molecule has 8 nitrogen and oxygen atoms in total. The summed E-state index contributed by atoms with van der Waals surface area (Å²) in [5.74, 6) is -2.34. The smallest absolute Gasteiger partial charge is 0.333 e. The number of benzene rings is 1. The van der Waals surface area contributed by atoms with Crippen molar-refractivity contribution in [2.24, 2.45) is 0 Å². The summed E-state index contributed by atoms with van der Waals surface area (Å²) < 4.78 is 29.4. The molecule has 0 unspecified atom stereocenters. The Hall–Kier alpha value is -3.08. The summed E-state index contributed by atoms with van der Waals surface area (Å²) in [6.45, 7) is 4.59. The van der Waals surface area contributed by atoms with E-state index < -0.39 is 41.4 Å². The van der Waals surface area contributed by atoms with Crippen molar-refractivity contribution < 1.29 is 13.6 Å². The normalized spacial score (nSPS) is 14.3. The van der Waals surface area contributed by atoms with E-state index in [2.05, 4.69) is 15.2 Å². The number of nitrogens with one attached hydrogen (secondary N) is 1. The minimum Gasteiger partial charge on any atom is -0.348 e. The Kier molecular flexibility index (Phi) is 6.09. The predicted octanol–water partition coefficient (Wildman–Crippen LogP) is 3.11. The molecule has 0 bridgehead atoms. The second-order valence-corrected chi connectivity index (χ2v) is 9.02. The lowest BCUT2D eigenvalue weighted by Crippen LogP contribution is -2.42. The molecule has 1 amide bonds. The number of rotatable bonds is 5. The molecule has 32 heavy (non-hydrogen) atoms. The number of fused-ring (bicyclic) bond motifs is 1. The molecule has 0 spiro atoms. The highest BCUT2D eigenvalue weighted by molar-refractivity contribution is 7.22. The van der Waals surface area contributed by atoms with Gasteiger partial charge < -0.3 is 10.2 Å². The summed E-state index contributed by atoms with van der Waals surface area (Å²) in [6.07, 6.45) is 3.17. The van der Waals surface area contributed by atoms with E-state index in [4.69, 9.17) is 0 Å². The molecule has 1 saturated heterocycles. The number of carbonyl (C=O) groups excluding carboxylic acids is 1. The molecular weight excluding hydrogens is 440 g/mol. The number of aromatic nitrogens is 3. The third-order valence-electron chi connectivity index (χ3n) is 5.29. The van der Waals surface area contributed by atoms with Gasteiger partial charge in [-0.3, -0.25) is 18.7 Å². The number of thiazole rings is 1. The molecule has 0 atom stereocenters. The number of carbonyl (C=O) groups is 1. The van der Waals surface area contributed by atoms with Crippen LogP contribution in [0.1, 0.15) is 39.2 Å². The fraction of sp³-hybridized carbons (Fsp3) is 0.429. The topological polar surface area (TPSA) is 89.2 Å². The average Bonchev–Trinajstić information content (AvgIpc) is 3.16. The number of halogens is 2. The molecule has 4 rings (SSSR count). The van der Waals surface area contributed by atoms with E-state index in [9.17, 15) is 23.2 Å². The fourth-order valence-corrected chi connectivity index (χ4v) is 4.89. The Morgan fingerprint density at radius 1 is 1.12 bits per heavy atom. The second kappa shape index (κ2) is 8.81. The first kappa shape index (κ1) is 22.1. The van der Waals surface area contributed by atoms with Gasteiger partial charge in [0.2, 0.25) is 5.91 Å². The van der Waals surface area contributed by atoms with E-state index >= 15 is 0 Å². The zero-order valence-electron chi connectivity index (χ0n) is 17.7. The molecule has 1 aliphatic rings. The summed E-state index contributed by atoms with van der Waals surface area (Å²) in [5.41, 5.74) is -1.03. The Morgan fingerprint density at radius 2 is 1.78 bits per heavy atom. The maximum absolute atomic E-state index is 13.4. The Bertz CT molecular complexity index is 1270. The van der Waals surface area contributed by atoms with Crippen molar-refractivity contribution in [1.82, 2.24) is 14.1 Å². The van der Waals surface area contributed by atoms with Gasteiger partial charge in [-0.25, -0.2) is 18.6 Å². The highest BCUT2D eigenvalue weighted by Gasteiger charge is 2.23. The van der Waals surface area contributed by atoms with Gasteiger partial charge in [0, 0.05) is 30.9 Å². The standard InChI is InChI=1S/C21H23F2N5O3S/c1-12(2)28-19(30)17-18(25-20(32-17)26-6-4-3-5-7-26)27(21(28)31)11-16(29)24-15-9-13(22)8-14(23)10-15/h8-10,12H,3-7,11H2,1-2H3,(H,24,29). The third kappa shape index (κ3) is 4.29. The molecule has 0 aliphatic carbocycles. The van der Waals surface area contributed by atoms with E-state index in [1.165, 1.54) is 11.3 Å². The van der Waals surface area contributed by atoms with Crippen molar-refractivity contribution >= 4 is 38.4 Å². The summed E-state index contributed by atoms with van der Waals surface area (Å²) >= 11 is 1.21. The number of anilines is 2. The summed E-state index contributed by atoms with van der Waals surface area (Å²) in [5, 5.41) is 3.03. The molecular formula is C21H23F2N5O3S. The van der Waals surface area contributed by atoms with Crippen molar-refractivity contribution in [3.8, 4) is 0 Å². The SMILES string of the molecule is CC(C)n1c(=O)c2sc(N3CCCCC3)nc2n(CC(=O)Nc2cc(F)cc(F)c2)c1=O. The first-order valence-corrected chi connectivity index (χ1v) is 11.2. The third-order valence-corrected chi connectivity index (χ3v) is 6.39. The van der Waals surface area contributed by atoms with Crippen LogP contribution in [0.15, 0.2) is 27.8 Å². The number of hydrogen-bond acceptors (Lipinski definition) is 6. The van der Waals surface area contributed by atoms with E-state index in [0.29, 0.717) is 15.9 Å². The molecule has 3 heterocycles. The van der Waals surface area contributed by atoms with Crippen LogP contribution in [-0.2, 0) is 11.3 Å². The van der Waals surface area contributed by atoms with E-state index in [1.807, 2.05) is 0 Å². The lowest BCUT2D eigenvalue weighted by molar-refractivity contribution is -0.116. The van der Waals surface area contributed by atoms with Crippen LogP contribution in [-0.4, -0.2) is 33.1 Å². The van der Waals surface area contributed by atoms with Gasteiger partial charge in [0.15, 0.2) is 10.8 Å². The molecule has 3 aromatic rings. The van der Waals surface area contributed by atoms with Gasteiger partial charge >= 0.3 is 5.69 Å². The van der Waals surface area contributed by atoms with E-state index in [0.717, 1.165) is 53.6 Å². The van der Waals surface area contributed by atoms with Crippen LogP contribution < -0.4 is 21.5 Å². The zero-order valence-corrected chi connectivity index (χ0v) is 18.5. The largest absolute Gasteiger partial charge is 0.348 e. The summed E-state index contributed by atoms with van der Waals surface area (Å²) in [7, 11) is 0. The average molecular weight is 464 g/mol. The molecule has 1 aromatic carbocycles. The monoisotopic (exact) mass is 463 g/mol. The van der Waals surface area contributed by atoms with Crippen LogP contribution in [0.4, 0.5) is 19.6 Å². The van der Waals surface area contributed by atoms with Crippen LogP contribution in [0.3, 0.4) is 0 Å².